The minimum Gasteiger partial charge on any atom is -0.313 e. The summed E-state index contributed by atoms with van der Waals surface area (Å²) in [5.41, 5.74) is 0. The highest BCUT2D eigenvalue weighted by molar-refractivity contribution is 4.81. The van der Waals surface area contributed by atoms with Crippen molar-refractivity contribution in [2.45, 2.75) is 64.8 Å². The number of nitrogens with one attached hydrogen (secondary N) is 1. The quantitative estimate of drug-likeness (QED) is 0.808. The van der Waals surface area contributed by atoms with Crippen molar-refractivity contribution < 1.29 is 0 Å². The number of hydrogen-bond donors (Lipinski definition) is 1. The second kappa shape index (κ2) is 7.49. The van der Waals surface area contributed by atoms with Crippen LogP contribution in [-0.4, -0.2) is 37.1 Å². The van der Waals surface area contributed by atoms with E-state index in [0.717, 1.165) is 17.9 Å². The molecule has 18 heavy (non-hydrogen) atoms. The zero-order chi connectivity index (χ0) is 12.8. The third-order valence-electron chi connectivity index (χ3n) is 4.84. The Morgan fingerprint density at radius 2 is 1.89 bits per heavy atom. The topological polar surface area (TPSA) is 15.3 Å². The standard InChI is InChI=1S/C16H32N2/c1-3-10-17-16-5-4-11-18(13-16)12-15-8-6-14(2)7-9-15/h14-17H,3-13H2,1-2H3. The molecule has 106 valence electrons. The third kappa shape index (κ3) is 4.55. The van der Waals surface area contributed by atoms with Gasteiger partial charge in [0.2, 0.25) is 0 Å². The fraction of sp³-hybridized carbons (Fsp3) is 1.00. The van der Waals surface area contributed by atoms with E-state index < -0.39 is 0 Å². The molecule has 2 heteroatoms. The van der Waals surface area contributed by atoms with Gasteiger partial charge in [0.15, 0.2) is 0 Å². The molecule has 1 heterocycles. The maximum atomic E-state index is 3.70. The largest absolute Gasteiger partial charge is 0.313 e. The highest BCUT2D eigenvalue weighted by atomic mass is 15.2. The van der Waals surface area contributed by atoms with Crippen molar-refractivity contribution in [1.82, 2.24) is 10.2 Å². The predicted octanol–water partition coefficient (Wildman–Crippen LogP) is 3.28. The minimum atomic E-state index is 0.765. The molecule has 0 spiro atoms. The van der Waals surface area contributed by atoms with Crippen LogP contribution in [0.1, 0.15) is 58.8 Å². The van der Waals surface area contributed by atoms with Gasteiger partial charge in [-0.1, -0.05) is 26.7 Å². The molecule has 0 aromatic carbocycles. The molecule has 1 unspecified atom stereocenters. The van der Waals surface area contributed by atoms with Crippen LogP contribution in [0.5, 0.6) is 0 Å². The van der Waals surface area contributed by atoms with Gasteiger partial charge in [-0.15, -0.1) is 0 Å². The first-order chi connectivity index (χ1) is 8.78. The van der Waals surface area contributed by atoms with Gasteiger partial charge in [0.25, 0.3) is 0 Å². The minimum absolute atomic E-state index is 0.765. The third-order valence-corrected chi connectivity index (χ3v) is 4.84. The molecule has 2 rings (SSSR count). The molecule has 2 aliphatic rings. The van der Waals surface area contributed by atoms with E-state index in [-0.39, 0.29) is 0 Å². The van der Waals surface area contributed by atoms with Crippen molar-refractivity contribution in [2.24, 2.45) is 11.8 Å². The molecule has 1 N–H and O–H groups in total. The van der Waals surface area contributed by atoms with Gasteiger partial charge in [-0.3, -0.25) is 0 Å². The van der Waals surface area contributed by atoms with E-state index in [1.54, 1.807) is 0 Å². The summed E-state index contributed by atoms with van der Waals surface area (Å²) in [6, 6.07) is 0.765. The average Bonchev–Trinajstić information content (AvgIpc) is 2.40. The Hall–Kier alpha value is -0.0800. The predicted molar refractivity (Wildman–Crippen MR) is 78.9 cm³/mol. The fourth-order valence-corrected chi connectivity index (χ4v) is 3.61. The molecule has 1 aliphatic carbocycles. The Balaban J connectivity index is 1.68. The van der Waals surface area contributed by atoms with Crippen LogP contribution >= 0.6 is 0 Å². The summed E-state index contributed by atoms with van der Waals surface area (Å²) in [6.45, 7) is 9.89. The molecule has 1 saturated carbocycles. The number of rotatable bonds is 5. The van der Waals surface area contributed by atoms with Gasteiger partial charge in [0, 0.05) is 19.1 Å². The second-order valence-electron chi connectivity index (χ2n) is 6.68. The fourth-order valence-electron chi connectivity index (χ4n) is 3.61. The molecule has 0 amide bonds. The first-order valence-corrected chi connectivity index (χ1v) is 8.23. The molecule has 0 bridgehead atoms. The van der Waals surface area contributed by atoms with Gasteiger partial charge in [0.05, 0.1) is 0 Å². The number of likely N-dealkylation sites (tertiary alicyclic amines) is 1. The Bertz CT molecular complexity index is 221. The molecule has 0 radical (unpaired) electrons. The molecule has 1 saturated heterocycles. The van der Waals surface area contributed by atoms with E-state index in [9.17, 15) is 0 Å². The summed E-state index contributed by atoms with van der Waals surface area (Å²) >= 11 is 0. The smallest absolute Gasteiger partial charge is 0.0195 e. The molecular weight excluding hydrogens is 220 g/mol. The zero-order valence-corrected chi connectivity index (χ0v) is 12.5. The van der Waals surface area contributed by atoms with Gasteiger partial charge < -0.3 is 10.2 Å². The highest BCUT2D eigenvalue weighted by Gasteiger charge is 2.24. The van der Waals surface area contributed by atoms with Crippen molar-refractivity contribution in [3.8, 4) is 0 Å². The van der Waals surface area contributed by atoms with Crippen LogP contribution < -0.4 is 5.32 Å². The Morgan fingerprint density at radius 3 is 2.61 bits per heavy atom. The Morgan fingerprint density at radius 1 is 1.11 bits per heavy atom. The average molecular weight is 252 g/mol. The summed E-state index contributed by atoms with van der Waals surface area (Å²) in [5.74, 6) is 1.98. The van der Waals surface area contributed by atoms with Crippen molar-refractivity contribution in [3.05, 3.63) is 0 Å². The van der Waals surface area contributed by atoms with E-state index in [1.165, 1.54) is 71.1 Å². The van der Waals surface area contributed by atoms with Crippen LogP contribution in [0.15, 0.2) is 0 Å². The zero-order valence-electron chi connectivity index (χ0n) is 12.5. The summed E-state index contributed by atoms with van der Waals surface area (Å²) in [4.78, 5) is 2.73. The van der Waals surface area contributed by atoms with Crippen molar-refractivity contribution in [3.63, 3.8) is 0 Å². The van der Waals surface area contributed by atoms with E-state index in [4.69, 9.17) is 0 Å². The lowest BCUT2D eigenvalue weighted by Gasteiger charge is -2.37. The monoisotopic (exact) mass is 252 g/mol. The normalized spacial score (nSPS) is 34.7. The van der Waals surface area contributed by atoms with Crippen LogP contribution in [0.25, 0.3) is 0 Å². The first kappa shape index (κ1) is 14.3. The van der Waals surface area contributed by atoms with Gasteiger partial charge in [-0.05, 0) is 57.0 Å². The Kier molecular flexibility index (Phi) is 5.97. The number of hydrogen-bond acceptors (Lipinski definition) is 2. The SMILES string of the molecule is CCCNC1CCCN(CC2CCC(C)CC2)C1. The van der Waals surface area contributed by atoms with Crippen molar-refractivity contribution in [1.29, 1.82) is 0 Å². The van der Waals surface area contributed by atoms with Gasteiger partial charge >= 0.3 is 0 Å². The molecule has 0 aromatic heterocycles. The van der Waals surface area contributed by atoms with Crippen LogP contribution in [-0.2, 0) is 0 Å². The van der Waals surface area contributed by atoms with Crippen LogP contribution in [0.4, 0.5) is 0 Å². The molecule has 1 atom stereocenters. The maximum Gasteiger partial charge on any atom is 0.0195 e. The number of piperidine rings is 1. The molecule has 1 aliphatic heterocycles. The summed E-state index contributed by atoms with van der Waals surface area (Å²) < 4.78 is 0. The van der Waals surface area contributed by atoms with Crippen LogP contribution in [0, 0.1) is 11.8 Å². The van der Waals surface area contributed by atoms with E-state index >= 15 is 0 Å². The van der Waals surface area contributed by atoms with Crippen molar-refractivity contribution >= 4 is 0 Å². The van der Waals surface area contributed by atoms with Gasteiger partial charge in [0.1, 0.15) is 0 Å². The van der Waals surface area contributed by atoms with Gasteiger partial charge in [-0.2, -0.15) is 0 Å². The molecule has 2 fully saturated rings. The molecule has 0 aromatic rings. The lowest BCUT2D eigenvalue weighted by molar-refractivity contribution is 0.142. The highest BCUT2D eigenvalue weighted by Crippen LogP contribution is 2.29. The second-order valence-corrected chi connectivity index (χ2v) is 6.68. The van der Waals surface area contributed by atoms with Crippen LogP contribution in [0.2, 0.25) is 0 Å². The maximum absolute atomic E-state index is 3.70. The molecular formula is C16H32N2. The number of nitrogens with zero attached hydrogens (tertiary/aromatic N) is 1. The van der Waals surface area contributed by atoms with E-state index in [0.29, 0.717) is 0 Å². The summed E-state index contributed by atoms with van der Waals surface area (Å²) in [6.07, 6.45) is 9.93. The summed E-state index contributed by atoms with van der Waals surface area (Å²) in [5, 5.41) is 3.70. The lowest BCUT2D eigenvalue weighted by Crippen LogP contribution is -2.47. The van der Waals surface area contributed by atoms with Crippen molar-refractivity contribution in [2.75, 3.05) is 26.2 Å². The Labute approximate surface area is 114 Å². The van der Waals surface area contributed by atoms with E-state index in [2.05, 4.69) is 24.1 Å². The lowest BCUT2D eigenvalue weighted by atomic mass is 9.82. The van der Waals surface area contributed by atoms with E-state index in [1.807, 2.05) is 0 Å². The first-order valence-electron chi connectivity index (χ1n) is 8.23. The van der Waals surface area contributed by atoms with Crippen LogP contribution in [0.3, 0.4) is 0 Å². The molecule has 2 nitrogen and oxygen atoms in total. The van der Waals surface area contributed by atoms with Gasteiger partial charge in [-0.25, -0.2) is 0 Å². The summed E-state index contributed by atoms with van der Waals surface area (Å²) in [7, 11) is 0.